The zero-order valence-corrected chi connectivity index (χ0v) is 17.9. The monoisotopic (exact) mass is 446 g/mol. The number of hydrogen-bond acceptors (Lipinski definition) is 0. The van der Waals surface area contributed by atoms with Crippen LogP contribution in [0, 0.1) is 0 Å². The second-order valence-corrected chi connectivity index (χ2v) is 8.83. The average molecular weight is 447 g/mol. The molecule has 142 valence electrons. The summed E-state index contributed by atoms with van der Waals surface area (Å²) in [7, 11) is 0. The Morgan fingerprint density at radius 2 is 1.00 bits per heavy atom. The minimum atomic E-state index is -0.346. The smallest absolute Gasteiger partial charge is 0.0622 e. The third-order valence-electron chi connectivity index (χ3n) is 6.38. The summed E-state index contributed by atoms with van der Waals surface area (Å²) in [6.45, 7) is 0. The topological polar surface area (TPSA) is 0 Å². The van der Waals surface area contributed by atoms with Gasteiger partial charge in [0.05, 0.1) is 5.41 Å². The van der Waals surface area contributed by atoms with Crippen LogP contribution in [0.2, 0.25) is 0 Å². The first kappa shape index (κ1) is 17.7. The van der Waals surface area contributed by atoms with Crippen molar-refractivity contribution in [3.05, 3.63) is 142 Å². The van der Waals surface area contributed by atoms with E-state index in [-0.39, 0.29) is 5.41 Å². The van der Waals surface area contributed by atoms with E-state index < -0.39 is 0 Å². The van der Waals surface area contributed by atoms with Gasteiger partial charge in [0.25, 0.3) is 0 Å². The third-order valence-corrected chi connectivity index (χ3v) is 6.87. The van der Waals surface area contributed by atoms with E-state index in [9.17, 15) is 0 Å². The van der Waals surface area contributed by atoms with Crippen LogP contribution in [0.1, 0.15) is 22.3 Å². The van der Waals surface area contributed by atoms with Crippen molar-refractivity contribution < 1.29 is 0 Å². The Hall–Kier alpha value is -3.16. The van der Waals surface area contributed by atoms with Crippen molar-refractivity contribution in [3.8, 4) is 11.1 Å². The van der Waals surface area contributed by atoms with Crippen molar-refractivity contribution in [2.24, 2.45) is 0 Å². The molecule has 0 atom stereocenters. The van der Waals surface area contributed by atoms with Crippen LogP contribution in [-0.4, -0.2) is 0 Å². The van der Waals surface area contributed by atoms with E-state index in [4.69, 9.17) is 0 Å². The van der Waals surface area contributed by atoms with Crippen molar-refractivity contribution in [1.82, 2.24) is 0 Å². The second-order valence-electron chi connectivity index (χ2n) is 7.92. The lowest BCUT2D eigenvalue weighted by Crippen LogP contribution is -2.28. The Labute approximate surface area is 185 Å². The van der Waals surface area contributed by atoms with Crippen LogP contribution >= 0.6 is 15.9 Å². The van der Waals surface area contributed by atoms with Gasteiger partial charge in [0, 0.05) is 4.47 Å². The molecule has 0 aliphatic heterocycles. The fourth-order valence-electron chi connectivity index (χ4n) is 5.15. The molecule has 0 saturated carbocycles. The second kappa shape index (κ2) is 6.68. The Morgan fingerprint density at radius 1 is 0.467 bits per heavy atom. The summed E-state index contributed by atoms with van der Waals surface area (Å²) < 4.78 is 1.11. The molecule has 0 heterocycles. The van der Waals surface area contributed by atoms with Crippen LogP contribution in [0.25, 0.3) is 21.9 Å². The summed E-state index contributed by atoms with van der Waals surface area (Å²) in [6.07, 6.45) is 0. The van der Waals surface area contributed by atoms with Crippen molar-refractivity contribution in [2.45, 2.75) is 5.41 Å². The Bertz CT molecular complexity index is 1350. The molecule has 0 fully saturated rings. The molecule has 0 nitrogen and oxygen atoms in total. The van der Waals surface area contributed by atoms with Crippen LogP contribution in [0.15, 0.2) is 120 Å². The molecular formula is C29H19Br. The lowest BCUT2D eigenvalue weighted by Gasteiger charge is -2.34. The van der Waals surface area contributed by atoms with Gasteiger partial charge in [0.15, 0.2) is 0 Å². The highest BCUT2D eigenvalue weighted by Gasteiger charge is 2.46. The fraction of sp³-hybridized carbons (Fsp3) is 0.0345. The molecule has 1 heteroatoms. The minimum absolute atomic E-state index is 0.346. The first-order valence-corrected chi connectivity index (χ1v) is 11.0. The lowest BCUT2D eigenvalue weighted by atomic mass is 9.67. The maximum absolute atomic E-state index is 3.75. The van der Waals surface area contributed by atoms with E-state index in [0.717, 1.165) is 4.47 Å². The molecule has 6 rings (SSSR count). The highest BCUT2D eigenvalue weighted by Crippen LogP contribution is 2.57. The quantitative estimate of drug-likeness (QED) is 0.253. The molecule has 0 saturated heterocycles. The van der Waals surface area contributed by atoms with Gasteiger partial charge in [-0.05, 0) is 68.4 Å². The van der Waals surface area contributed by atoms with E-state index in [2.05, 4.69) is 131 Å². The van der Waals surface area contributed by atoms with Gasteiger partial charge in [-0.3, -0.25) is 0 Å². The molecule has 5 aromatic carbocycles. The number of rotatable bonds is 2. The first-order chi connectivity index (χ1) is 14.8. The SMILES string of the molecule is Brc1ccc2c(c1)C(c1ccccc1)(c1ccccc1)c1cc3ccccc3cc1-2. The fourth-order valence-corrected chi connectivity index (χ4v) is 5.51. The van der Waals surface area contributed by atoms with Crippen molar-refractivity contribution >= 4 is 26.7 Å². The van der Waals surface area contributed by atoms with Crippen LogP contribution in [0.4, 0.5) is 0 Å². The summed E-state index contributed by atoms with van der Waals surface area (Å²) in [5.41, 5.74) is 7.57. The molecule has 0 amide bonds. The summed E-state index contributed by atoms with van der Waals surface area (Å²) >= 11 is 3.75. The van der Waals surface area contributed by atoms with Gasteiger partial charge in [-0.2, -0.15) is 0 Å². The normalized spacial score (nSPS) is 13.8. The highest BCUT2D eigenvalue weighted by molar-refractivity contribution is 9.10. The molecule has 5 aromatic rings. The van der Waals surface area contributed by atoms with Gasteiger partial charge in [-0.15, -0.1) is 0 Å². The van der Waals surface area contributed by atoms with Gasteiger partial charge >= 0.3 is 0 Å². The van der Waals surface area contributed by atoms with Crippen LogP contribution < -0.4 is 0 Å². The van der Waals surface area contributed by atoms with Crippen LogP contribution in [0.3, 0.4) is 0 Å². The molecule has 0 unspecified atom stereocenters. The van der Waals surface area contributed by atoms with Crippen molar-refractivity contribution in [1.29, 1.82) is 0 Å². The van der Waals surface area contributed by atoms with Crippen LogP contribution in [0.5, 0.6) is 0 Å². The summed E-state index contributed by atoms with van der Waals surface area (Å²) in [6, 6.07) is 42.0. The third kappa shape index (κ3) is 2.39. The minimum Gasteiger partial charge on any atom is -0.0622 e. The molecule has 0 bridgehead atoms. The molecular weight excluding hydrogens is 428 g/mol. The zero-order chi connectivity index (χ0) is 20.1. The molecule has 1 aliphatic carbocycles. The van der Waals surface area contributed by atoms with Crippen molar-refractivity contribution in [3.63, 3.8) is 0 Å². The summed E-state index contributed by atoms with van der Waals surface area (Å²) in [5, 5.41) is 2.56. The Kier molecular flexibility index (Phi) is 3.94. The van der Waals surface area contributed by atoms with Gasteiger partial charge in [-0.25, -0.2) is 0 Å². The molecule has 0 radical (unpaired) electrons. The maximum atomic E-state index is 3.75. The molecule has 1 aliphatic rings. The predicted molar refractivity (Wildman–Crippen MR) is 129 cm³/mol. The van der Waals surface area contributed by atoms with E-state index >= 15 is 0 Å². The first-order valence-electron chi connectivity index (χ1n) is 10.2. The van der Waals surface area contributed by atoms with Gasteiger partial charge in [-0.1, -0.05) is 107 Å². The van der Waals surface area contributed by atoms with Crippen LogP contribution in [-0.2, 0) is 5.41 Å². The highest BCUT2D eigenvalue weighted by atomic mass is 79.9. The van der Waals surface area contributed by atoms with Gasteiger partial charge < -0.3 is 0 Å². The molecule has 0 N–H and O–H groups in total. The van der Waals surface area contributed by atoms with E-state index in [1.807, 2.05) is 0 Å². The summed E-state index contributed by atoms with van der Waals surface area (Å²) in [4.78, 5) is 0. The Balaban J connectivity index is 1.84. The summed E-state index contributed by atoms with van der Waals surface area (Å²) in [5.74, 6) is 0. The van der Waals surface area contributed by atoms with E-state index in [0.29, 0.717) is 0 Å². The van der Waals surface area contributed by atoms with E-state index in [1.165, 1.54) is 44.2 Å². The number of halogens is 1. The Morgan fingerprint density at radius 3 is 1.63 bits per heavy atom. The molecule has 0 spiro atoms. The lowest BCUT2D eigenvalue weighted by molar-refractivity contribution is 0.769. The zero-order valence-electron chi connectivity index (χ0n) is 16.3. The largest absolute Gasteiger partial charge is 0.0714 e. The standard InChI is InChI=1S/C29H19Br/c30-24-15-16-25-26-17-20-9-7-8-10-21(20)18-27(26)29(28(25)19-24,22-11-3-1-4-12-22)23-13-5-2-6-14-23/h1-19H. The van der Waals surface area contributed by atoms with Gasteiger partial charge in [0.1, 0.15) is 0 Å². The average Bonchev–Trinajstić information content (AvgIpc) is 3.08. The number of benzene rings is 5. The van der Waals surface area contributed by atoms with E-state index in [1.54, 1.807) is 0 Å². The number of fused-ring (bicyclic) bond motifs is 4. The maximum Gasteiger partial charge on any atom is 0.0714 e. The van der Waals surface area contributed by atoms with Gasteiger partial charge in [0.2, 0.25) is 0 Å². The van der Waals surface area contributed by atoms with Crippen molar-refractivity contribution in [2.75, 3.05) is 0 Å². The number of hydrogen-bond donors (Lipinski definition) is 0. The molecule has 30 heavy (non-hydrogen) atoms. The molecule has 0 aromatic heterocycles. The predicted octanol–water partition coefficient (Wildman–Crippen LogP) is 7.97.